The third-order valence-corrected chi connectivity index (χ3v) is 10.0. The average Bonchev–Trinajstić information content (AvgIpc) is 3.13. The zero-order chi connectivity index (χ0) is 37.4. The van der Waals surface area contributed by atoms with E-state index in [1.807, 2.05) is 6.08 Å². The molecule has 0 saturated carbocycles. The van der Waals surface area contributed by atoms with E-state index >= 15 is 0 Å². The van der Waals surface area contributed by atoms with Crippen molar-refractivity contribution in [3.63, 3.8) is 0 Å². The summed E-state index contributed by atoms with van der Waals surface area (Å²) in [5, 5.41) is 54.0. The zero-order valence-corrected chi connectivity index (χ0v) is 32.6. The Kier molecular flexibility index (Phi) is 31.1. The molecule has 0 radical (unpaired) electrons. The molecule has 51 heavy (non-hydrogen) atoms. The van der Waals surface area contributed by atoms with Crippen LogP contribution in [-0.4, -0.2) is 87.5 Å². The number of unbranched alkanes of at least 4 members (excludes halogenated alkanes) is 22. The number of amides is 1. The largest absolute Gasteiger partial charge is 0.394 e. The number of aliphatic hydroxyl groups excluding tert-OH is 5. The molecule has 6 N–H and O–H groups in total. The van der Waals surface area contributed by atoms with Gasteiger partial charge in [-0.15, -0.1) is 0 Å². The average molecular weight is 726 g/mol. The van der Waals surface area contributed by atoms with Crippen molar-refractivity contribution in [2.75, 3.05) is 13.2 Å². The molecule has 3 unspecified atom stereocenters. The first-order valence-electron chi connectivity index (χ1n) is 21.1. The van der Waals surface area contributed by atoms with Crippen molar-refractivity contribution < 1.29 is 39.8 Å². The van der Waals surface area contributed by atoms with E-state index in [2.05, 4.69) is 31.3 Å². The van der Waals surface area contributed by atoms with E-state index in [1.54, 1.807) is 6.08 Å². The molecule has 0 aromatic carbocycles. The summed E-state index contributed by atoms with van der Waals surface area (Å²) >= 11 is 0. The lowest BCUT2D eigenvalue weighted by Crippen LogP contribution is -2.60. The van der Waals surface area contributed by atoms with Crippen LogP contribution in [0.15, 0.2) is 24.3 Å². The Labute approximate surface area is 311 Å². The van der Waals surface area contributed by atoms with E-state index < -0.39 is 49.5 Å². The maximum atomic E-state index is 12.9. The number of nitrogens with one attached hydrogen (secondary N) is 1. The van der Waals surface area contributed by atoms with Crippen LogP contribution in [0.2, 0.25) is 0 Å². The first-order valence-corrected chi connectivity index (χ1v) is 21.1. The summed E-state index contributed by atoms with van der Waals surface area (Å²) < 4.78 is 11.2. The number of carbonyl (C=O) groups is 1. The van der Waals surface area contributed by atoms with Crippen LogP contribution in [0.4, 0.5) is 0 Å². The Morgan fingerprint density at radius 1 is 0.647 bits per heavy atom. The maximum Gasteiger partial charge on any atom is 0.220 e. The fourth-order valence-electron chi connectivity index (χ4n) is 6.56. The summed E-state index contributed by atoms with van der Waals surface area (Å²) in [5.41, 5.74) is 0. The maximum absolute atomic E-state index is 12.9. The van der Waals surface area contributed by atoms with Gasteiger partial charge in [0.1, 0.15) is 24.4 Å². The van der Waals surface area contributed by atoms with Crippen molar-refractivity contribution in [2.24, 2.45) is 0 Å². The molecule has 1 amide bonds. The van der Waals surface area contributed by atoms with Crippen molar-refractivity contribution in [3.8, 4) is 0 Å². The normalized spacial score (nSPS) is 22.2. The minimum absolute atomic E-state index is 0.187. The molecule has 0 bridgehead atoms. The van der Waals surface area contributed by atoms with Gasteiger partial charge >= 0.3 is 0 Å². The van der Waals surface area contributed by atoms with Crippen LogP contribution < -0.4 is 5.32 Å². The van der Waals surface area contributed by atoms with Gasteiger partial charge in [0, 0.05) is 6.42 Å². The Bertz CT molecular complexity index is 853. The molecule has 0 aromatic rings. The van der Waals surface area contributed by atoms with Gasteiger partial charge in [-0.1, -0.05) is 154 Å². The second-order valence-electron chi connectivity index (χ2n) is 14.8. The standard InChI is InChI=1S/C42H79NO8/c1-3-5-7-9-11-13-15-17-18-20-22-24-26-28-30-32-38(46)43-35(34-50-42-41(49)40(48)39(47)37(33-44)51-42)36(45)31-29-27-25-23-21-19-16-14-12-10-8-6-4-2/h17-18,29,31,35-37,39-42,44-45,47-49H,3-16,19-28,30,32-34H2,1-2H3,(H,43,46)/b18-17-,31-29+/t35-,36+,37?,39+,40?,41?,42+/m0/s1. The fourth-order valence-corrected chi connectivity index (χ4v) is 6.56. The van der Waals surface area contributed by atoms with Crippen molar-refractivity contribution in [1.29, 1.82) is 0 Å². The molecule has 1 aliphatic heterocycles. The van der Waals surface area contributed by atoms with Crippen molar-refractivity contribution in [3.05, 3.63) is 24.3 Å². The summed E-state index contributed by atoms with van der Waals surface area (Å²) in [5.74, 6) is -0.187. The summed E-state index contributed by atoms with van der Waals surface area (Å²) in [4.78, 5) is 12.9. The van der Waals surface area contributed by atoms with Gasteiger partial charge in [0.2, 0.25) is 5.91 Å². The molecule has 0 aliphatic carbocycles. The van der Waals surface area contributed by atoms with Gasteiger partial charge in [0.25, 0.3) is 0 Å². The third-order valence-electron chi connectivity index (χ3n) is 10.0. The number of rotatable bonds is 34. The van der Waals surface area contributed by atoms with Crippen LogP contribution in [0.1, 0.15) is 181 Å². The first-order chi connectivity index (χ1) is 24.8. The number of ether oxygens (including phenoxy) is 2. The van der Waals surface area contributed by atoms with Crippen LogP contribution in [0, 0.1) is 0 Å². The van der Waals surface area contributed by atoms with Gasteiger partial charge in [-0.3, -0.25) is 4.79 Å². The predicted molar refractivity (Wildman–Crippen MR) is 207 cm³/mol. The van der Waals surface area contributed by atoms with E-state index in [-0.39, 0.29) is 12.5 Å². The van der Waals surface area contributed by atoms with Crippen LogP contribution >= 0.6 is 0 Å². The monoisotopic (exact) mass is 726 g/mol. The number of hydrogen-bond acceptors (Lipinski definition) is 8. The quantitative estimate of drug-likeness (QED) is 0.0289. The number of aliphatic hydroxyl groups is 5. The van der Waals surface area contributed by atoms with Gasteiger partial charge < -0.3 is 40.3 Å². The van der Waals surface area contributed by atoms with Crippen molar-refractivity contribution >= 4 is 5.91 Å². The molecule has 9 heteroatoms. The summed E-state index contributed by atoms with van der Waals surface area (Å²) in [6, 6.07) is -0.804. The summed E-state index contributed by atoms with van der Waals surface area (Å²) in [6.45, 7) is 3.74. The van der Waals surface area contributed by atoms with Crippen LogP contribution in [0.5, 0.6) is 0 Å². The summed E-state index contributed by atoms with van der Waals surface area (Å²) in [6.07, 6.45) is 30.7. The molecule has 1 fully saturated rings. The van der Waals surface area contributed by atoms with Gasteiger partial charge in [0.05, 0.1) is 25.4 Å². The first kappa shape index (κ1) is 47.7. The number of allylic oxidation sites excluding steroid dienone is 3. The molecular formula is C42H79NO8. The molecule has 1 heterocycles. The lowest BCUT2D eigenvalue weighted by atomic mass is 9.99. The van der Waals surface area contributed by atoms with Gasteiger partial charge in [0.15, 0.2) is 6.29 Å². The Balaban J connectivity index is 2.42. The van der Waals surface area contributed by atoms with Crippen molar-refractivity contribution in [1.82, 2.24) is 5.32 Å². The minimum Gasteiger partial charge on any atom is -0.394 e. The van der Waals surface area contributed by atoms with E-state index in [9.17, 15) is 30.3 Å². The highest BCUT2D eigenvalue weighted by molar-refractivity contribution is 5.76. The van der Waals surface area contributed by atoms with E-state index in [0.29, 0.717) is 6.42 Å². The molecule has 1 rings (SSSR count). The topological polar surface area (TPSA) is 149 Å². The van der Waals surface area contributed by atoms with Gasteiger partial charge in [-0.05, 0) is 44.9 Å². The second-order valence-corrected chi connectivity index (χ2v) is 14.8. The van der Waals surface area contributed by atoms with E-state index in [1.165, 1.54) is 103 Å². The highest BCUT2D eigenvalue weighted by atomic mass is 16.7. The molecule has 0 aromatic heterocycles. The predicted octanol–water partition coefficient (Wildman–Crippen LogP) is 7.94. The minimum atomic E-state index is -1.56. The molecule has 9 nitrogen and oxygen atoms in total. The van der Waals surface area contributed by atoms with Gasteiger partial charge in [-0.2, -0.15) is 0 Å². The highest BCUT2D eigenvalue weighted by Crippen LogP contribution is 2.22. The molecule has 1 saturated heterocycles. The van der Waals surface area contributed by atoms with Gasteiger partial charge in [-0.25, -0.2) is 0 Å². The molecule has 7 atom stereocenters. The van der Waals surface area contributed by atoms with Crippen LogP contribution in [-0.2, 0) is 14.3 Å². The molecule has 0 spiro atoms. The van der Waals surface area contributed by atoms with E-state index in [0.717, 1.165) is 57.8 Å². The highest BCUT2D eigenvalue weighted by Gasteiger charge is 2.44. The van der Waals surface area contributed by atoms with Crippen LogP contribution in [0.25, 0.3) is 0 Å². The Morgan fingerprint density at radius 3 is 1.59 bits per heavy atom. The molecule has 1 aliphatic rings. The SMILES string of the molecule is CCCCCCCC/C=C\CCCCCCCC(=O)N[C@@H](CO[C@@H]1OC(CO)[C@@H](O)C(O)C1O)[C@H](O)/C=C/CCCCCCCCCCCCC. The van der Waals surface area contributed by atoms with E-state index in [4.69, 9.17) is 9.47 Å². The lowest BCUT2D eigenvalue weighted by Gasteiger charge is -2.40. The lowest BCUT2D eigenvalue weighted by molar-refractivity contribution is -0.302. The number of hydrogen-bond donors (Lipinski definition) is 6. The van der Waals surface area contributed by atoms with Crippen LogP contribution in [0.3, 0.4) is 0 Å². The fraction of sp³-hybridized carbons (Fsp3) is 0.881. The van der Waals surface area contributed by atoms with Crippen molar-refractivity contribution in [2.45, 2.75) is 224 Å². The summed E-state index contributed by atoms with van der Waals surface area (Å²) in [7, 11) is 0. The molecular weight excluding hydrogens is 646 g/mol. The third kappa shape index (κ3) is 24.6. The zero-order valence-electron chi connectivity index (χ0n) is 32.6. The Hall–Kier alpha value is -1.33. The Morgan fingerprint density at radius 2 is 1.10 bits per heavy atom. The number of carbonyl (C=O) groups excluding carboxylic acids is 1. The molecule has 300 valence electrons. The smallest absolute Gasteiger partial charge is 0.220 e. The second kappa shape index (κ2) is 33.3.